The fourth-order valence-electron chi connectivity index (χ4n) is 9.57. The Morgan fingerprint density at radius 3 is 2.11 bits per heavy atom. The monoisotopic (exact) mass is 728 g/mol. The van der Waals surface area contributed by atoms with Crippen molar-refractivity contribution in [3.8, 4) is 22.8 Å². The van der Waals surface area contributed by atoms with E-state index in [1.165, 1.54) is 54.3 Å². The highest BCUT2D eigenvalue weighted by atomic mass is 16.3. The van der Waals surface area contributed by atoms with Crippen LogP contribution >= 0.6 is 0 Å². The first-order chi connectivity index (χ1) is 28.3. The Bertz CT molecular complexity index is 3710. The highest BCUT2D eigenvalue weighted by molar-refractivity contribution is 6.20. The maximum Gasteiger partial charge on any atom is 0.165 e. The summed E-state index contributed by atoms with van der Waals surface area (Å²) in [6, 6.07) is 56.8. The molecule has 4 heterocycles. The molecule has 4 aromatic heterocycles. The summed E-state index contributed by atoms with van der Waals surface area (Å²) in [5.41, 5.74) is 11.3. The van der Waals surface area contributed by atoms with Gasteiger partial charge in [-0.1, -0.05) is 109 Å². The van der Waals surface area contributed by atoms with Crippen LogP contribution < -0.4 is 0 Å². The van der Waals surface area contributed by atoms with Gasteiger partial charge in [0.2, 0.25) is 0 Å². The highest BCUT2D eigenvalue weighted by Crippen LogP contribution is 2.42. The average molecular weight is 729 g/mol. The van der Waals surface area contributed by atoms with Crippen molar-refractivity contribution in [2.45, 2.75) is 12.8 Å². The van der Waals surface area contributed by atoms with Gasteiger partial charge in [0.1, 0.15) is 17.0 Å². The Morgan fingerprint density at radius 1 is 0.491 bits per heavy atom. The molecule has 13 rings (SSSR count). The molecule has 12 aromatic rings. The van der Waals surface area contributed by atoms with Crippen LogP contribution in [-0.2, 0) is 6.42 Å². The molecule has 57 heavy (non-hydrogen) atoms. The summed E-state index contributed by atoms with van der Waals surface area (Å²) in [6.07, 6.45) is 6.36. The van der Waals surface area contributed by atoms with Gasteiger partial charge in [-0.15, -0.1) is 0 Å². The van der Waals surface area contributed by atoms with E-state index in [4.69, 9.17) is 14.4 Å². The van der Waals surface area contributed by atoms with E-state index in [1.807, 2.05) is 12.1 Å². The number of aromatic nitrogens is 4. The number of hydrogen-bond acceptors (Lipinski definition) is 3. The first kappa shape index (κ1) is 30.8. The number of para-hydroxylation sites is 4. The lowest BCUT2D eigenvalue weighted by Crippen LogP contribution is -2.04. The van der Waals surface area contributed by atoms with Gasteiger partial charge in [0, 0.05) is 55.3 Å². The van der Waals surface area contributed by atoms with Crippen LogP contribution in [0.1, 0.15) is 17.7 Å². The van der Waals surface area contributed by atoms with Gasteiger partial charge >= 0.3 is 0 Å². The zero-order valence-corrected chi connectivity index (χ0v) is 30.8. The van der Waals surface area contributed by atoms with E-state index in [0.717, 1.165) is 79.8 Å². The molecule has 5 nitrogen and oxygen atoms in total. The maximum absolute atomic E-state index is 6.33. The number of hydrogen-bond donors (Lipinski definition) is 0. The molecule has 0 spiro atoms. The van der Waals surface area contributed by atoms with Gasteiger partial charge in [0.15, 0.2) is 5.82 Å². The van der Waals surface area contributed by atoms with E-state index in [0.29, 0.717) is 0 Å². The van der Waals surface area contributed by atoms with E-state index >= 15 is 0 Å². The number of fused-ring (bicyclic) bond motifs is 13. The normalized spacial score (nSPS) is 13.1. The Kier molecular flexibility index (Phi) is 6.22. The van der Waals surface area contributed by atoms with E-state index < -0.39 is 0 Å². The van der Waals surface area contributed by atoms with Gasteiger partial charge in [-0.05, 0) is 77.9 Å². The van der Waals surface area contributed by atoms with Crippen LogP contribution in [-0.4, -0.2) is 19.1 Å². The van der Waals surface area contributed by atoms with Crippen LogP contribution in [0.15, 0.2) is 168 Å². The molecule has 0 saturated carbocycles. The molecule has 266 valence electrons. The van der Waals surface area contributed by atoms with Gasteiger partial charge in [0.25, 0.3) is 0 Å². The number of benzene rings is 8. The lowest BCUT2D eigenvalue weighted by atomic mass is 10.0. The average Bonchev–Trinajstić information content (AvgIpc) is 3.92. The molecule has 0 fully saturated rings. The van der Waals surface area contributed by atoms with Gasteiger partial charge in [-0.3, -0.25) is 4.57 Å². The SMILES string of the molecule is C1=Cc2c(oc3ccc(-c4nc5ccccc5nc4-n4c5ccccc5c5cc6cccc(-n7c8ccccc8c8ccc9ccccc9c87)c6cc54)cc23)CC1. The van der Waals surface area contributed by atoms with Crippen molar-refractivity contribution in [1.82, 2.24) is 19.1 Å². The minimum absolute atomic E-state index is 0.798. The predicted octanol–water partition coefficient (Wildman–Crippen LogP) is 13.5. The molecule has 5 heteroatoms. The van der Waals surface area contributed by atoms with Crippen LogP contribution in [0.4, 0.5) is 0 Å². The Balaban J connectivity index is 1.15. The number of nitrogens with zero attached hydrogens (tertiary/aromatic N) is 4. The van der Waals surface area contributed by atoms with E-state index in [-0.39, 0.29) is 0 Å². The second kappa shape index (κ2) is 11.5. The van der Waals surface area contributed by atoms with E-state index in [2.05, 4.69) is 167 Å². The number of rotatable bonds is 3. The second-order valence-electron chi connectivity index (χ2n) is 15.2. The van der Waals surface area contributed by atoms with Gasteiger partial charge < -0.3 is 8.98 Å². The summed E-state index contributed by atoms with van der Waals surface area (Å²) < 4.78 is 11.2. The van der Waals surface area contributed by atoms with Crippen molar-refractivity contribution in [3.05, 3.63) is 175 Å². The number of allylic oxidation sites excluding steroid dienone is 1. The largest absolute Gasteiger partial charge is 0.460 e. The fraction of sp³-hybridized carbons (Fsp3) is 0.0385. The van der Waals surface area contributed by atoms with Crippen LogP contribution in [0.5, 0.6) is 0 Å². The quantitative estimate of drug-likeness (QED) is 0.182. The van der Waals surface area contributed by atoms with Crippen LogP contribution in [0.3, 0.4) is 0 Å². The summed E-state index contributed by atoms with van der Waals surface area (Å²) >= 11 is 0. The minimum atomic E-state index is 0.798. The molecule has 0 atom stereocenters. The van der Waals surface area contributed by atoms with Crippen molar-refractivity contribution in [2.75, 3.05) is 0 Å². The van der Waals surface area contributed by atoms with Crippen molar-refractivity contribution < 1.29 is 4.42 Å². The third-order valence-corrected chi connectivity index (χ3v) is 12.1. The Hall–Kier alpha value is -7.50. The van der Waals surface area contributed by atoms with E-state index in [1.54, 1.807) is 0 Å². The molecule has 1 aliphatic carbocycles. The molecule has 1 aliphatic rings. The van der Waals surface area contributed by atoms with Crippen molar-refractivity contribution in [1.29, 1.82) is 0 Å². The molecular formula is C52H32N4O. The molecular weight excluding hydrogens is 697 g/mol. The first-order valence-corrected chi connectivity index (χ1v) is 19.6. The lowest BCUT2D eigenvalue weighted by Gasteiger charge is -2.15. The van der Waals surface area contributed by atoms with Crippen molar-refractivity contribution in [3.63, 3.8) is 0 Å². The first-order valence-electron chi connectivity index (χ1n) is 19.6. The molecule has 0 radical (unpaired) electrons. The standard InChI is InChI=1S/C52H32N4O/c1-2-14-34-31(12-1)24-26-38-35-15-3-8-20-44(35)55(51(34)38)46-22-11-13-32-28-40-36-16-4-9-21-45(36)56(47(40)30-39(32)46)52-50(53-42-18-6-7-19-43(42)54-52)33-25-27-49-41(29-33)37-17-5-10-23-48(37)57-49/h1-9,11-22,24-30H,10,23H2. The molecule has 8 aromatic carbocycles. The zero-order valence-electron chi connectivity index (χ0n) is 30.8. The minimum Gasteiger partial charge on any atom is -0.460 e. The lowest BCUT2D eigenvalue weighted by molar-refractivity contribution is 0.546. The third kappa shape index (κ3) is 4.34. The van der Waals surface area contributed by atoms with E-state index in [9.17, 15) is 0 Å². The van der Waals surface area contributed by atoms with Crippen LogP contribution in [0, 0.1) is 0 Å². The van der Waals surface area contributed by atoms with Gasteiger partial charge in [-0.25, -0.2) is 9.97 Å². The smallest absolute Gasteiger partial charge is 0.165 e. The highest BCUT2D eigenvalue weighted by Gasteiger charge is 2.23. The summed E-state index contributed by atoms with van der Waals surface area (Å²) in [7, 11) is 0. The van der Waals surface area contributed by atoms with Gasteiger partial charge in [-0.2, -0.15) is 0 Å². The molecule has 0 unspecified atom stereocenters. The molecule has 0 aliphatic heterocycles. The third-order valence-electron chi connectivity index (χ3n) is 12.1. The summed E-state index contributed by atoms with van der Waals surface area (Å²) in [5.74, 6) is 1.85. The molecule has 0 amide bonds. The molecule has 0 bridgehead atoms. The summed E-state index contributed by atoms with van der Waals surface area (Å²) in [6.45, 7) is 0. The van der Waals surface area contributed by atoms with Crippen molar-refractivity contribution >= 4 is 93.2 Å². The van der Waals surface area contributed by atoms with Gasteiger partial charge in [0.05, 0.1) is 38.8 Å². The Morgan fingerprint density at radius 2 is 1.23 bits per heavy atom. The van der Waals surface area contributed by atoms with Crippen molar-refractivity contribution in [2.24, 2.45) is 0 Å². The zero-order chi connectivity index (χ0) is 37.2. The number of aryl methyl sites for hydroxylation is 1. The fourth-order valence-corrected chi connectivity index (χ4v) is 9.57. The topological polar surface area (TPSA) is 48.8 Å². The Labute approximate surface area is 326 Å². The predicted molar refractivity (Wildman–Crippen MR) is 236 cm³/mol. The second-order valence-corrected chi connectivity index (χ2v) is 15.2. The van der Waals surface area contributed by atoms with Crippen LogP contribution in [0.2, 0.25) is 0 Å². The summed E-state index contributed by atoms with van der Waals surface area (Å²) in [5, 5.41) is 10.8. The molecule has 0 N–H and O–H groups in total. The summed E-state index contributed by atoms with van der Waals surface area (Å²) in [4.78, 5) is 10.9. The van der Waals surface area contributed by atoms with Crippen LogP contribution in [0.25, 0.3) is 116 Å². The molecule has 0 saturated heterocycles. The number of furan rings is 1. The maximum atomic E-state index is 6.33.